The highest BCUT2D eigenvalue weighted by Crippen LogP contribution is 2.56. The number of nitrogens with zero attached hydrogens (tertiary/aromatic N) is 1. The molecule has 3 fully saturated rings. The van der Waals surface area contributed by atoms with Crippen LogP contribution in [0, 0.1) is 28.6 Å². The Labute approximate surface area is 129 Å². The molecule has 0 radical (unpaired) electrons. The summed E-state index contributed by atoms with van der Waals surface area (Å²) in [7, 11) is 0. The van der Waals surface area contributed by atoms with Crippen LogP contribution in [0.3, 0.4) is 0 Å². The van der Waals surface area contributed by atoms with Crippen molar-refractivity contribution in [3.05, 3.63) is 0 Å². The van der Waals surface area contributed by atoms with Crippen LogP contribution in [0.15, 0.2) is 0 Å². The monoisotopic (exact) mass is 289 g/mol. The second kappa shape index (κ2) is 6.29. The number of hydrogen-bond acceptors (Lipinski definition) is 2. The molecular weight excluding hydrogens is 258 g/mol. The van der Waals surface area contributed by atoms with Gasteiger partial charge < -0.3 is 5.11 Å². The second-order valence-corrected chi connectivity index (χ2v) is 7.93. The van der Waals surface area contributed by atoms with E-state index in [9.17, 15) is 10.4 Å². The lowest BCUT2D eigenvalue weighted by atomic mass is 9.52. The van der Waals surface area contributed by atoms with Crippen LogP contribution in [-0.2, 0) is 0 Å². The zero-order chi connectivity index (χ0) is 14.8. The molecule has 0 amide bonds. The number of nitriles is 1. The highest BCUT2D eigenvalue weighted by atomic mass is 16.3. The smallest absolute Gasteiger partial charge is 0.0863 e. The molecule has 0 heterocycles. The maximum atomic E-state index is 11.7. The molecule has 2 nitrogen and oxygen atoms in total. The van der Waals surface area contributed by atoms with E-state index in [-0.39, 0.29) is 0 Å². The summed E-state index contributed by atoms with van der Waals surface area (Å²) in [6.07, 6.45) is 16.4. The number of aliphatic hydroxyl groups is 1. The van der Waals surface area contributed by atoms with Gasteiger partial charge in [-0.15, -0.1) is 0 Å². The van der Waals surface area contributed by atoms with E-state index in [1.54, 1.807) is 0 Å². The molecule has 0 aliphatic heterocycles. The van der Waals surface area contributed by atoms with E-state index in [4.69, 9.17) is 0 Å². The van der Waals surface area contributed by atoms with E-state index < -0.39 is 11.0 Å². The van der Waals surface area contributed by atoms with Gasteiger partial charge in [0.2, 0.25) is 0 Å². The summed E-state index contributed by atoms with van der Waals surface area (Å²) in [5.41, 5.74) is -1.13. The lowest BCUT2D eigenvalue weighted by Gasteiger charge is -2.54. The molecule has 0 bridgehead atoms. The SMILES string of the molecule is N#CC1(C2(O)CCCCC2C2CCCCC2)CCCCC1. The van der Waals surface area contributed by atoms with Crippen molar-refractivity contribution in [2.24, 2.45) is 17.3 Å². The van der Waals surface area contributed by atoms with Crippen LogP contribution >= 0.6 is 0 Å². The molecule has 3 aliphatic carbocycles. The Balaban J connectivity index is 1.88. The molecule has 0 saturated heterocycles. The van der Waals surface area contributed by atoms with Crippen LogP contribution in [-0.4, -0.2) is 10.7 Å². The van der Waals surface area contributed by atoms with E-state index in [1.165, 1.54) is 44.9 Å². The van der Waals surface area contributed by atoms with E-state index in [0.29, 0.717) is 11.8 Å². The molecule has 3 rings (SSSR count). The zero-order valence-electron chi connectivity index (χ0n) is 13.4. The molecule has 0 aromatic carbocycles. The van der Waals surface area contributed by atoms with Gasteiger partial charge in [-0.05, 0) is 37.5 Å². The molecule has 0 aromatic rings. The third-order valence-corrected chi connectivity index (χ3v) is 6.91. The lowest BCUT2D eigenvalue weighted by Crippen LogP contribution is -2.57. The first-order chi connectivity index (χ1) is 10.2. The fraction of sp³-hybridized carbons (Fsp3) is 0.947. The van der Waals surface area contributed by atoms with E-state index in [2.05, 4.69) is 6.07 Å². The van der Waals surface area contributed by atoms with Gasteiger partial charge in [0.25, 0.3) is 0 Å². The summed E-state index contributed by atoms with van der Waals surface area (Å²) in [6.45, 7) is 0. The van der Waals surface area contributed by atoms with Gasteiger partial charge in [-0.1, -0.05) is 64.2 Å². The van der Waals surface area contributed by atoms with Crippen molar-refractivity contribution < 1.29 is 5.11 Å². The molecule has 3 aliphatic rings. The minimum atomic E-state index is -0.692. The Kier molecular flexibility index (Phi) is 4.60. The number of rotatable bonds is 2. The molecular formula is C19H31NO. The number of hydrogen-bond donors (Lipinski definition) is 1. The molecule has 2 heteroatoms. The minimum absolute atomic E-state index is 0.393. The minimum Gasteiger partial charge on any atom is -0.388 e. The molecule has 2 unspecified atom stereocenters. The van der Waals surface area contributed by atoms with E-state index in [0.717, 1.165) is 44.9 Å². The van der Waals surface area contributed by atoms with Gasteiger partial charge in [-0.25, -0.2) is 0 Å². The molecule has 118 valence electrons. The quantitative estimate of drug-likeness (QED) is 0.780. The summed E-state index contributed by atoms with van der Waals surface area (Å²) in [6, 6.07) is 2.65. The fourth-order valence-electron chi connectivity index (χ4n) is 5.74. The van der Waals surface area contributed by atoms with Crippen molar-refractivity contribution in [1.29, 1.82) is 5.26 Å². The molecule has 0 spiro atoms. The molecule has 1 N–H and O–H groups in total. The highest BCUT2D eigenvalue weighted by molar-refractivity contribution is 5.16. The van der Waals surface area contributed by atoms with Crippen molar-refractivity contribution in [2.75, 3.05) is 0 Å². The summed E-state index contributed by atoms with van der Waals surface area (Å²) in [5, 5.41) is 21.7. The lowest BCUT2D eigenvalue weighted by molar-refractivity contribution is -0.155. The Bertz CT molecular complexity index is 387. The second-order valence-electron chi connectivity index (χ2n) is 7.93. The first kappa shape index (κ1) is 15.3. The van der Waals surface area contributed by atoms with Gasteiger partial charge >= 0.3 is 0 Å². The topological polar surface area (TPSA) is 44.0 Å². The van der Waals surface area contributed by atoms with Gasteiger partial charge in [0.1, 0.15) is 0 Å². The van der Waals surface area contributed by atoms with Crippen LogP contribution in [0.2, 0.25) is 0 Å². The van der Waals surface area contributed by atoms with E-state index >= 15 is 0 Å². The molecule has 0 aromatic heterocycles. The first-order valence-corrected chi connectivity index (χ1v) is 9.35. The van der Waals surface area contributed by atoms with Crippen molar-refractivity contribution >= 4 is 0 Å². The van der Waals surface area contributed by atoms with Crippen molar-refractivity contribution in [3.63, 3.8) is 0 Å². The molecule has 3 saturated carbocycles. The average Bonchev–Trinajstić information content (AvgIpc) is 2.56. The van der Waals surface area contributed by atoms with Crippen LogP contribution in [0.5, 0.6) is 0 Å². The standard InChI is InChI=1S/C19H31NO/c20-15-18(12-6-2-7-13-18)19(21)14-8-5-11-17(19)16-9-3-1-4-10-16/h16-17,21H,1-14H2. The summed E-state index contributed by atoms with van der Waals surface area (Å²) < 4.78 is 0. The average molecular weight is 289 g/mol. The van der Waals surface area contributed by atoms with Crippen molar-refractivity contribution in [2.45, 2.75) is 95.5 Å². The highest BCUT2D eigenvalue weighted by Gasteiger charge is 2.57. The first-order valence-electron chi connectivity index (χ1n) is 9.35. The van der Waals surface area contributed by atoms with Crippen molar-refractivity contribution in [3.8, 4) is 6.07 Å². The van der Waals surface area contributed by atoms with Gasteiger partial charge in [-0.3, -0.25) is 0 Å². The van der Waals surface area contributed by atoms with Gasteiger partial charge in [0, 0.05) is 0 Å². The molecule has 21 heavy (non-hydrogen) atoms. The van der Waals surface area contributed by atoms with Crippen molar-refractivity contribution in [1.82, 2.24) is 0 Å². The third-order valence-electron chi connectivity index (χ3n) is 6.91. The van der Waals surface area contributed by atoms with Gasteiger partial charge in [0.15, 0.2) is 0 Å². The third kappa shape index (κ3) is 2.63. The maximum absolute atomic E-state index is 11.7. The largest absolute Gasteiger partial charge is 0.388 e. The summed E-state index contributed by atoms with van der Waals surface area (Å²) >= 11 is 0. The predicted molar refractivity (Wildman–Crippen MR) is 84.6 cm³/mol. The normalized spacial score (nSPS) is 37.8. The van der Waals surface area contributed by atoms with Crippen LogP contribution < -0.4 is 0 Å². The summed E-state index contributed by atoms with van der Waals surface area (Å²) in [5.74, 6) is 1.07. The summed E-state index contributed by atoms with van der Waals surface area (Å²) in [4.78, 5) is 0. The molecule has 2 atom stereocenters. The Morgan fingerprint density at radius 1 is 0.762 bits per heavy atom. The Hall–Kier alpha value is -0.550. The Morgan fingerprint density at radius 3 is 2.00 bits per heavy atom. The van der Waals surface area contributed by atoms with Crippen LogP contribution in [0.1, 0.15) is 89.9 Å². The van der Waals surface area contributed by atoms with Gasteiger partial charge in [-0.2, -0.15) is 5.26 Å². The fourth-order valence-corrected chi connectivity index (χ4v) is 5.74. The van der Waals surface area contributed by atoms with Crippen LogP contribution in [0.4, 0.5) is 0 Å². The Morgan fingerprint density at radius 2 is 1.33 bits per heavy atom. The predicted octanol–water partition coefficient (Wildman–Crippen LogP) is 4.96. The zero-order valence-corrected chi connectivity index (χ0v) is 13.4. The van der Waals surface area contributed by atoms with E-state index in [1.807, 2.05) is 0 Å². The van der Waals surface area contributed by atoms with Crippen LogP contribution in [0.25, 0.3) is 0 Å². The van der Waals surface area contributed by atoms with Gasteiger partial charge in [0.05, 0.1) is 17.1 Å². The maximum Gasteiger partial charge on any atom is 0.0863 e.